The van der Waals surface area contributed by atoms with Gasteiger partial charge < -0.3 is 10.6 Å². The van der Waals surface area contributed by atoms with Crippen LogP contribution >= 0.6 is 0 Å². The number of nitrogens with zero attached hydrogens (tertiary/aromatic N) is 4. The molecule has 0 bridgehead atoms. The second kappa shape index (κ2) is 6.81. The monoisotopic (exact) mass is 360 g/mol. The van der Waals surface area contributed by atoms with Crippen molar-refractivity contribution in [2.75, 3.05) is 18.4 Å². The fourth-order valence-electron chi connectivity index (χ4n) is 3.63. The van der Waals surface area contributed by atoms with Crippen LogP contribution in [0.2, 0.25) is 0 Å². The number of aromatic amines is 2. The molecule has 1 aliphatic heterocycles. The van der Waals surface area contributed by atoms with Crippen molar-refractivity contribution >= 4 is 16.7 Å². The maximum Gasteiger partial charge on any atom is 0.148 e. The smallest absolute Gasteiger partial charge is 0.148 e. The van der Waals surface area contributed by atoms with E-state index in [2.05, 4.69) is 47.3 Å². The number of rotatable bonds is 4. The van der Waals surface area contributed by atoms with Crippen LogP contribution in [-0.4, -0.2) is 49.7 Å². The van der Waals surface area contributed by atoms with E-state index in [0.717, 1.165) is 65.0 Å². The van der Waals surface area contributed by atoms with Gasteiger partial charge in [-0.25, -0.2) is 0 Å². The summed E-state index contributed by atoms with van der Waals surface area (Å²) < 4.78 is 0. The average molecular weight is 360 g/mol. The third kappa shape index (κ3) is 3.04. The number of fused-ring (bicyclic) bond motifs is 1. The molecular weight excluding hydrogens is 340 g/mol. The lowest BCUT2D eigenvalue weighted by atomic mass is 10.0. The van der Waals surface area contributed by atoms with Crippen LogP contribution < -0.4 is 10.6 Å². The van der Waals surface area contributed by atoms with E-state index < -0.39 is 0 Å². The molecule has 4 aromatic rings. The van der Waals surface area contributed by atoms with Crippen LogP contribution in [0, 0.1) is 0 Å². The highest BCUT2D eigenvalue weighted by atomic mass is 15.2. The zero-order valence-electron chi connectivity index (χ0n) is 14.7. The first-order valence-corrected chi connectivity index (χ1v) is 9.15. The summed E-state index contributed by atoms with van der Waals surface area (Å²) in [5, 5.41) is 30.9. The van der Waals surface area contributed by atoms with E-state index in [1.54, 1.807) is 0 Å². The van der Waals surface area contributed by atoms with Crippen LogP contribution in [0.1, 0.15) is 12.8 Å². The van der Waals surface area contributed by atoms with Crippen LogP contribution in [0.15, 0.2) is 42.9 Å². The van der Waals surface area contributed by atoms with Crippen LogP contribution in [0.4, 0.5) is 5.82 Å². The highest BCUT2D eigenvalue weighted by Crippen LogP contribution is 2.33. The Labute approximate surface area is 155 Å². The SMILES string of the molecule is c1n[nH]cc1-c1ccc(-c2ccc(NC3CCNCC3)nn2)c2[nH]ncc12. The van der Waals surface area contributed by atoms with Gasteiger partial charge in [-0.15, -0.1) is 10.2 Å². The standard InChI is InChI=1S/C19H20N8/c1-2-15(19-16(11-23-27-19)14(1)12-9-21-22-10-12)17-3-4-18(26-25-17)24-13-5-7-20-8-6-13/h1-4,9-11,13,20H,5-8H2,(H,21,22)(H,23,27)(H,24,26). The Balaban J connectivity index is 1.45. The third-order valence-electron chi connectivity index (χ3n) is 5.06. The second-order valence-corrected chi connectivity index (χ2v) is 6.78. The molecule has 0 aliphatic carbocycles. The third-order valence-corrected chi connectivity index (χ3v) is 5.06. The van der Waals surface area contributed by atoms with E-state index >= 15 is 0 Å². The summed E-state index contributed by atoms with van der Waals surface area (Å²) in [7, 11) is 0. The number of benzene rings is 1. The topological polar surface area (TPSA) is 107 Å². The maximum atomic E-state index is 4.44. The zero-order valence-corrected chi connectivity index (χ0v) is 14.7. The molecule has 3 aromatic heterocycles. The van der Waals surface area contributed by atoms with Crippen molar-refractivity contribution < 1.29 is 0 Å². The molecule has 0 radical (unpaired) electrons. The number of H-pyrrole nitrogens is 2. The normalized spacial score (nSPS) is 15.3. The Bertz CT molecular complexity index is 1030. The van der Waals surface area contributed by atoms with Gasteiger partial charge >= 0.3 is 0 Å². The van der Waals surface area contributed by atoms with Gasteiger partial charge in [-0.2, -0.15) is 10.2 Å². The summed E-state index contributed by atoms with van der Waals surface area (Å²) in [5.74, 6) is 0.821. The molecule has 8 nitrogen and oxygen atoms in total. The van der Waals surface area contributed by atoms with Gasteiger partial charge in [0.2, 0.25) is 0 Å². The van der Waals surface area contributed by atoms with E-state index in [0.29, 0.717) is 6.04 Å². The fraction of sp³-hybridized carbons (Fsp3) is 0.263. The maximum absolute atomic E-state index is 4.44. The fourth-order valence-corrected chi connectivity index (χ4v) is 3.63. The molecule has 0 amide bonds. The summed E-state index contributed by atoms with van der Waals surface area (Å²) >= 11 is 0. The van der Waals surface area contributed by atoms with Crippen LogP contribution in [-0.2, 0) is 0 Å². The molecule has 27 heavy (non-hydrogen) atoms. The van der Waals surface area contributed by atoms with Crippen LogP contribution in [0.25, 0.3) is 33.3 Å². The molecule has 136 valence electrons. The molecule has 1 aromatic carbocycles. The molecule has 4 N–H and O–H groups in total. The Hall–Kier alpha value is -3.26. The average Bonchev–Trinajstić information content (AvgIpc) is 3.41. The minimum atomic E-state index is 0.458. The van der Waals surface area contributed by atoms with E-state index in [9.17, 15) is 0 Å². The quantitative estimate of drug-likeness (QED) is 0.446. The predicted molar refractivity (Wildman–Crippen MR) is 104 cm³/mol. The van der Waals surface area contributed by atoms with Gasteiger partial charge in [0.15, 0.2) is 0 Å². The number of hydrogen-bond acceptors (Lipinski definition) is 6. The number of hydrogen-bond donors (Lipinski definition) is 4. The molecule has 1 fully saturated rings. The summed E-state index contributed by atoms with van der Waals surface area (Å²) in [6.45, 7) is 2.09. The van der Waals surface area contributed by atoms with Crippen molar-refractivity contribution in [1.82, 2.24) is 35.9 Å². The Morgan fingerprint density at radius 1 is 0.926 bits per heavy atom. The first-order chi connectivity index (χ1) is 13.4. The van der Waals surface area contributed by atoms with Crippen molar-refractivity contribution in [2.24, 2.45) is 0 Å². The first kappa shape index (κ1) is 16.0. The molecule has 0 saturated carbocycles. The molecule has 0 unspecified atom stereocenters. The molecule has 0 atom stereocenters. The number of aromatic nitrogens is 6. The van der Waals surface area contributed by atoms with Gasteiger partial charge in [-0.3, -0.25) is 10.2 Å². The van der Waals surface area contributed by atoms with Crippen LogP contribution in [0.5, 0.6) is 0 Å². The Morgan fingerprint density at radius 2 is 1.81 bits per heavy atom. The lowest BCUT2D eigenvalue weighted by Gasteiger charge is -2.23. The van der Waals surface area contributed by atoms with Gasteiger partial charge in [-0.05, 0) is 49.7 Å². The lowest BCUT2D eigenvalue weighted by Crippen LogP contribution is -2.35. The highest BCUT2D eigenvalue weighted by molar-refractivity contribution is 6.01. The first-order valence-electron chi connectivity index (χ1n) is 9.15. The molecule has 1 aliphatic rings. The lowest BCUT2D eigenvalue weighted by molar-refractivity contribution is 0.478. The van der Waals surface area contributed by atoms with Gasteiger partial charge in [0.25, 0.3) is 0 Å². The van der Waals surface area contributed by atoms with Gasteiger partial charge in [0, 0.05) is 28.8 Å². The highest BCUT2D eigenvalue weighted by Gasteiger charge is 2.15. The predicted octanol–water partition coefficient (Wildman–Crippen LogP) is 2.57. The molecule has 8 heteroatoms. The molecule has 4 heterocycles. The van der Waals surface area contributed by atoms with E-state index in [-0.39, 0.29) is 0 Å². The number of anilines is 1. The van der Waals surface area contributed by atoms with E-state index in [1.165, 1.54) is 0 Å². The number of piperidine rings is 1. The molecule has 5 rings (SSSR count). The van der Waals surface area contributed by atoms with Crippen molar-refractivity contribution in [2.45, 2.75) is 18.9 Å². The largest absolute Gasteiger partial charge is 0.366 e. The van der Waals surface area contributed by atoms with Gasteiger partial charge in [-0.1, -0.05) is 6.07 Å². The summed E-state index contributed by atoms with van der Waals surface area (Å²) in [4.78, 5) is 0. The van der Waals surface area contributed by atoms with Gasteiger partial charge in [0.05, 0.1) is 23.6 Å². The summed E-state index contributed by atoms with van der Waals surface area (Å²) in [6.07, 6.45) is 7.73. The van der Waals surface area contributed by atoms with Crippen molar-refractivity contribution in [3.8, 4) is 22.4 Å². The summed E-state index contributed by atoms with van der Waals surface area (Å²) in [6, 6.07) is 8.58. The second-order valence-electron chi connectivity index (χ2n) is 6.78. The number of nitrogens with one attached hydrogen (secondary N) is 4. The minimum Gasteiger partial charge on any atom is -0.366 e. The van der Waals surface area contributed by atoms with Crippen molar-refractivity contribution in [1.29, 1.82) is 0 Å². The molecule has 1 saturated heterocycles. The van der Waals surface area contributed by atoms with Crippen molar-refractivity contribution in [3.05, 3.63) is 42.9 Å². The minimum absolute atomic E-state index is 0.458. The van der Waals surface area contributed by atoms with Crippen molar-refractivity contribution in [3.63, 3.8) is 0 Å². The summed E-state index contributed by atoms with van der Waals surface area (Å²) in [5.41, 5.74) is 4.85. The van der Waals surface area contributed by atoms with Crippen LogP contribution in [0.3, 0.4) is 0 Å². The Morgan fingerprint density at radius 3 is 2.59 bits per heavy atom. The molecular formula is C19H20N8. The van der Waals surface area contributed by atoms with E-state index in [4.69, 9.17) is 0 Å². The molecule has 0 spiro atoms. The van der Waals surface area contributed by atoms with Gasteiger partial charge in [0.1, 0.15) is 5.82 Å². The van der Waals surface area contributed by atoms with E-state index in [1.807, 2.05) is 36.8 Å². The Kier molecular flexibility index (Phi) is 4.02. The zero-order chi connectivity index (χ0) is 18.1.